The summed E-state index contributed by atoms with van der Waals surface area (Å²) in [5.41, 5.74) is 3.10. The average Bonchev–Trinajstić information content (AvgIpc) is 3.15. The Hall–Kier alpha value is -2.86. The number of aromatic nitrogens is 2. The molecule has 1 amide bonds. The fourth-order valence-corrected chi connectivity index (χ4v) is 5.28. The van der Waals surface area contributed by atoms with E-state index in [1.54, 1.807) is 0 Å². The minimum Gasteiger partial charge on any atom is -0.342 e. The molecule has 0 bridgehead atoms. The van der Waals surface area contributed by atoms with Gasteiger partial charge in [-0.15, -0.1) is 0 Å². The summed E-state index contributed by atoms with van der Waals surface area (Å²) >= 11 is 0. The van der Waals surface area contributed by atoms with Gasteiger partial charge in [0.1, 0.15) is 0 Å². The molecule has 2 saturated heterocycles. The third-order valence-electron chi connectivity index (χ3n) is 6.87. The number of likely N-dealkylation sites (tertiary alicyclic amines) is 2. The van der Waals surface area contributed by atoms with Gasteiger partial charge in [0.15, 0.2) is 0 Å². The monoisotopic (exact) mass is 418 g/mol. The van der Waals surface area contributed by atoms with Crippen LogP contribution >= 0.6 is 0 Å². The van der Waals surface area contributed by atoms with Gasteiger partial charge in [0.05, 0.1) is 17.0 Å². The van der Waals surface area contributed by atoms with Gasteiger partial charge >= 0.3 is 5.69 Å². The van der Waals surface area contributed by atoms with E-state index in [9.17, 15) is 9.59 Å². The first-order valence-corrected chi connectivity index (χ1v) is 11.4. The number of hydrogen-bond acceptors (Lipinski definition) is 3. The Morgan fingerprint density at radius 3 is 2.48 bits per heavy atom. The second-order valence-electron chi connectivity index (χ2n) is 8.93. The van der Waals surface area contributed by atoms with Crippen LogP contribution in [0.2, 0.25) is 0 Å². The number of aromatic amines is 1. The van der Waals surface area contributed by atoms with E-state index in [1.165, 1.54) is 5.56 Å². The molecule has 0 radical (unpaired) electrons. The normalized spacial score (nSPS) is 20.9. The number of benzene rings is 2. The molecule has 1 aromatic heterocycles. The third-order valence-corrected chi connectivity index (χ3v) is 6.87. The number of amides is 1. The number of nitrogens with one attached hydrogen (secondary N) is 1. The first-order valence-electron chi connectivity index (χ1n) is 11.4. The molecule has 0 aliphatic carbocycles. The largest absolute Gasteiger partial charge is 0.342 e. The van der Waals surface area contributed by atoms with Gasteiger partial charge in [-0.1, -0.05) is 42.5 Å². The fraction of sp³-hybridized carbons (Fsp3) is 0.440. The standard InChI is InChI=1S/C25H30N4O2/c30-24(20-9-6-14-27(18-20)17-19-7-2-1-3-8-19)28-15-12-21(13-16-28)29-23-11-5-4-10-22(23)26-25(29)31/h1-5,7-8,10-11,20-21H,6,9,12-18H2,(H,26,31). The zero-order valence-corrected chi connectivity index (χ0v) is 17.9. The molecule has 1 atom stereocenters. The molecule has 1 N–H and O–H groups in total. The number of imidazole rings is 1. The number of fused-ring (bicyclic) bond motifs is 1. The van der Waals surface area contributed by atoms with E-state index in [-0.39, 0.29) is 17.6 Å². The minimum atomic E-state index is -0.0465. The van der Waals surface area contributed by atoms with Gasteiger partial charge in [0.25, 0.3) is 0 Å². The van der Waals surface area contributed by atoms with E-state index in [2.05, 4.69) is 34.1 Å². The molecule has 6 nitrogen and oxygen atoms in total. The summed E-state index contributed by atoms with van der Waals surface area (Å²) in [6, 6.07) is 18.5. The van der Waals surface area contributed by atoms with Gasteiger partial charge in [-0.25, -0.2) is 4.79 Å². The molecule has 2 aromatic carbocycles. The molecule has 1 unspecified atom stereocenters. The second kappa shape index (κ2) is 8.71. The summed E-state index contributed by atoms with van der Waals surface area (Å²) < 4.78 is 1.89. The highest BCUT2D eigenvalue weighted by Crippen LogP contribution is 2.27. The van der Waals surface area contributed by atoms with Crippen LogP contribution in [0.25, 0.3) is 11.0 Å². The van der Waals surface area contributed by atoms with Crippen molar-refractivity contribution in [2.24, 2.45) is 5.92 Å². The van der Waals surface area contributed by atoms with Crippen LogP contribution in [0.4, 0.5) is 0 Å². The van der Waals surface area contributed by atoms with Crippen molar-refractivity contribution < 1.29 is 4.79 Å². The molecule has 0 saturated carbocycles. The number of rotatable bonds is 4. The lowest BCUT2D eigenvalue weighted by Gasteiger charge is -2.38. The molecule has 6 heteroatoms. The van der Waals surface area contributed by atoms with Gasteiger partial charge in [0.2, 0.25) is 5.91 Å². The number of H-pyrrole nitrogens is 1. The minimum absolute atomic E-state index is 0.0465. The summed E-state index contributed by atoms with van der Waals surface area (Å²) in [5, 5.41) is 0. The van der Waals surface area contributed by atoms with Crippen molar-refractivity contribution in [2.45, 2.75) is 38.3 Å². The second-order valence-corrected chi connectivity index (χ2v) is 8.93. The molecule has 2 aliphatic heterocycles. The SMILES string of the molecule is O=C(C1CCCN(Cc2ccccc2)C1)N1CCC(n2c(=O)[nH]c3ccccc32)CC1. The van der Waals surface area contributed by atoms with Crippen LogP contribution in [0.1, 0.15) is 37.3 Å². The highest BCUT2D eigenvalue weighted by Gasteiger charge is 2.32. The van der Waals surface area contributed by atoms with Crippen LogP contribution in [0.5, 0.6) is 0 Å². The Labute approximate surface area is 182 Å². The molecular formula is C25H30N4O2. The van der Waals surface area contributed by atoms with E-state index >= 15 is 0 Å². The van der Waals surface area contributed by atoms with Crippen molar-refractivity contribution in [3.63, 3.8) is 0 Å². The molecule has 5 rings (SSSR count). The van der Waals surface area contributed by atoms with Crippen molar-refractivity contribution in [2.75, 3.05) is 26.2 Å². The summed E-state index contributed by atoms with van der Waals surface area (Å²) in [4.78, 5) is 33.2. The topological polar surface area (TPSA) is 61.3 Å². The Kier molecular flexibility index (Phi) is 5.64. The lowest BCUT2D eigenvalue weighted by atomic mass is 9.94. The average molecular weight is 419 g/mol. The molecule has 31 heavy (non-hydrogen) atoms. The molecular weight excluding hydrogens is 388 g/mol. The van der Waals surface area contributed by atoms with Crippen molar-refractivity contribution in [3.8, 4) is 0 Å². The van der Waals surface area contributed by atoms with Gasteiger partial charge in [-0.05, 0) is 49.9 Å². The summed E-state index contributed by atoms with van der Waals surface area (Å²) in [7, 11) is 0. The van der Waals surface area contributed by atoms with E-state index in [0.717, 1.165) is 69.4 Å². The predicted molar refractivity (Wildman–Crippen MR) is 122 cm³/mol. The molecule has 3 heterocycles. The molecule has 0 spiro atoms. The Morgan fingerprint density at radius 1 is 0.935 bits per heavy atom. The maximum absolute atomic E-state index is 13.2. The van der Waals surface area contributed by atoms with E-state index in [4.69, 9.17) is 0 Å². The molecule has 3 aromatic rings. The first kappa shape index (κ1) is 20.1. The van der Waals surface area contributed by atoms with E-state index in [0.29, 0.717) is 5.91 Å². The van der Waals surface area contributed by atoms with Gasteiger partial charge < -0.3 is 9.88 Å². The van der Waals surface area contributed by atoms with Gasteiger partial charge in [-0.2, -0.15) is 0 Å². The van der Waals surface area contributed by atoms with Crippen LogP contribution in [-0.2, 0) is 11.3 Å². The zero-order valence-electron chi connectivity index (χ0n) is 17.9. The van der Waals surface area contributed by atoms with Crippen molar-refractivity contribution >= 4 is 16.9 Å². The van der Waals surface area contributed by atoms with Crippen molar-refractivity contribution in [1.29, 1.82) is 0 Å². The Balaban J connectivity index is 1.21. The number of nitrogens with zero attached hydrogens (tertiary/aromatic N) is 3. The molecule has 2 fully saturated rings. The smallest absolute Gasteiger partial charge is 0.326 e. The van der Waals surface area contributed by atoms with Crippen LogP contribution < -0.4 is 5.69 Å². The zero-order chi connectivity index (χ0) is 21.2. The number of para-hydroxylation sites is 2. The van der Waals surface area contributed by atoms with Gasteiger partial charge in [0, 0.05) is 32.2 Å². The van der Waals surface area contributed by atoms with Gasteiger partial charge in [-0.3, -0.25) is 14.3 Å². The highest BCUT2D eigenvalue weighted by atomic mass is 16.2. The summed E-state index contributed by atoms with van der Waals surface area (Å²) in [5.74, 6) is 0.382. The molecule has 162 valence electrons. The van der Waals surface area contributed by atoms with E-state index in [1.807, 2.05) is 39.8 Å². The lowest BCUT2D eigenvalue weighted by molar-refractivity contribution is -0.138. The van der Waals surface area contributed by atoms with Crippen LogP contribution in [-0.4, -0.2) is 51.4 Å². The Morgan fingerprint density at radius 2 is 1.68 bits per heavy atom. The van der Waals surface area contributed by atoms with Crippen LogP contribution in [0, 0.1) is 5.92 Å². The van der Waals surface area contributed by atoms with Crippen molar-refractivity contribution in [1.82, 2.24) is 19.4 Å². The number of hydrogen-bond donors (Lipinski definition) is 1. The quantitative estimate of drug-likeness (QED) is 0.706. The summed E-state index contributed by atoms with van der Waals surface area (Å²) in [6.45, 7) is 4.27. The third kappa shape index (κ3) is 4.17. The maximum atomic E-state index is 13.2. The highest BCUT2D eigenvalue weighted by molar-refractivity contribution is 5.79. The molecule has 2 aliphatic rings. The Bertz CT molecular complexity index is 1100. The maximum Gasteiger partial charge on any atom is 0.326 e. The fourth-order valence-electron chi connectivity index (χ4n) is 5.28. The summed E-state index contributed by atoms with van der Waals surface area (Å²) in [6.07, 6.45) is 3.71. The predicted octanol–water partition coefficient (Wildman–Crippen LogP) is 3.41. The van der Waals surface area contributed by atoms with Crippen LogP contribution in [0.3, 0.4) is 0 Å². The lowest BCUT2D eigenvalue weighted by Crippen LogP contribution is -2.47. The first-order chi connectivity index (χ1) is 15.2. The number of carbonyl (C=O) groups excluding carboxylic acids is 1. The van der Waals surface area contributed by atoms with Crippen LogP contribution in [0.15, 0.2) is 59.4 Å². The van der Waals surface area contributed by atoms with Crippen molar-refractivity contribution in [3.05, 3.63) is 70.6 Å². The van der Waals surface area contributed by atoms with E-state index < -0.39 is 0 Å². The number of piperidine rings is 2. The number of carbonyl (C=O) groups is 1.